The third kappa shape index (κ3) is 3.31. The predicted octanol–water partition coefficient (Wildman–Crippen LogP) is 4.42. The maximum absolute atomic E-state index is 12.1. The molecule has 0 N–H and O–H groups in total. The lowest BCUT2D eigenvalue weighted by molar-refractivity contribution is -0.125. The molecule has 0 radical (unpaired) electrons. The lowest BCUT2D eigenvalue weighted by Gasteiger charge is -2.36. The van der Waals surface area contributed by atoms with Crippen molar-refractivity contribution in [3.63, 3.8) is 0 Å². The Morgan fingerprint density at radius 1 is 1.18 bits per heavy atom. The van der Waals surface area contributed by atoms with Gasteiger partial charge in [-0.25, -0.2) is 0 Å². The summed E-state index contributed by atoms with van der Waals surface area (Å²) >= 11 is 0. The van der Waals surface area contributed by atoms with Crippen LogP contribution in [-0.4, -0.2) is 13.9 Å². The molecule has 96 valence electrons. The number of carbonyl (C=O) groups is 1. The number of rotatable bonds is 2. The summed E-state index contributed by atoms with van der Waals surface area (Å²) in [6.07, 6.45) is 9.52. The van der Waals surface area contributed by atoms with Crippen LogP contribution in [0, 0.1) is 11.8 Å². The Balaban J connectivity index is 2.12. The van der Waals surface area contributed by atoms with Crippen molar-refractivity contribution < 1.29 is 4.79 Å². The van der Waals surface area contributed by atoms with Gasteiger partial charge in [0.05, 0.1) is 0 Å². The number of hydrogen-bond acceptors (Lipinski definition) is 1. The van der Waals surface area contributed by atoms with E-state index in [2.05, 4.69) is 25.7 Å². The van der Waals surface area contributed by atoms with Gasteiger partial charge in [-0.3, -0.25) is 4.79 Å². The predicted molar refractivity (Wildman–Crippen MR) is 75.9 cm³/mol. The smallest absolute Gasteiger partial charge is 0.140 e. The fourth-order valence-corrected chi connectivity index (χ4v) is 4.21. The molecule has 17 heavy (non-hydrogen) atoms. The molecule has 2 aliphatic rings. The van der Waals surface area contributed by atoms with Crippen LogP contribution in [0.1, 0.15) is 38.5 Å². The summed E-state index contributed by atoms with van der Waals surface area (Å²) in [5.41, 5.74) is 1.51. The van der Waals surface area contributed by atoms with Crippen molar-refractivity contribution in [2.24, 2.45) is 11.8 Å². The van der Waals surface area contributed by atoms with Crippen LogP contribution >= 0.6 is 0 Å². The van der Waals surface area contributed by atoms with Crippen molar-refractivity contribution in [1.82, 2.24) is 0 Å². The highest BCUT2D eigenvalue weighted by atomic mass is 28.3. The van der Waals surface area contributed by atoms with Crippen molar-refractivity contribution in [2.75, 3.05) is 0 Å². The normalized spacial score (nSPS) is 32.6. The van der Waals surface area contributed by atoms with Crippen LogP contribution in [0.3, 0.4) is 0 Å². The fraction of sp³-hybridized carbons (Fsp3) is 0.800. The molecule has 2 rings (SSSR count). The highest BCUT2D eigenvalue weighted by molar-refractivity contribution is 6.76. The number of allylic oxidation sites excluding steroid dienone is 2. The molecule has 0 aromatic rings. The zero-order valence-corrected chi connectivity index (χ0v) is 12.6. The quantitative estimate of drug-likeness (QED) is 0.524. The van der Waals surface area contributed by atoms with E-state index in [1.807, 2.05) is 0 Å². The third-order valence-corrected chi connectivity index (χ3v) is 5.66. The minimum Gasteiger partial charge on any atom is -0.299 e. The summed E-state index contributed by atoms with van der Waals surface area (Å²) in [4.78, 5) is 12.1. The first kappa shape index (κ1) is 13.1. The molecule has 0 unspecified atom stereocenters. The SMILES string of the molecule is C[Si](C)(C)C/C=C1/CCC[C@@H]2CCCC(=O)[C@H]12. The monoisotopic (exact) mass is 250 g/mol. The average Bonchev–Trinajstić information content (AvgIpc) is 2.25. The molecule has 2 fully saturated rings. The van der Waals surface area contributed by atoms with Gasteiger partial charge in [-0.15, -0.1) is 0 Å². The van der Waals surface area contributed by atoms with Crippen molar-refractivity contribution >= 4 is 13.9 Å². The molecule has 2 heteroatoms. The van der Waals surface area contributed by atoms with Gasteiger partial charge in [-0.2, -0.15) is 0 Å². The van der Waals surface area contributed by atoms with Crippen LogP contribution in [0.5, 0.6) is 0 Å². The van der Waals surface area contributed by atoms with Gasteiger partial charge in [0, 0.05) is 20.4 Å². The second-order valence-corrected chi connectivity index (χ2v) is 12.6. The zero-order valence-electron chi connectivity index (χ0n) is 11.6. The maximum Gasteiger partial charge on any atom is 0.140 e. The van der Waals surface area contributed by atoms with Gasteiger partial charge < -0.3 is 0 Å². The fourth-order valence-electron chi connectivity index (χ4n) is 3.33. The van der Waals surface area contributed by atoms with Gasteiger partial charge in [0.25, 0.3) is 0 Å². The Bertz CT molecular complexity index is 322. The molecule has 0 heterocycles. The first-order chi connectivity index (χ1) is 7.97. The zero-order chi connectivity index (χ0) is 12.5. The van der Waals surface area contributed by atoms with E-state index in [0.29, 0.717) is 17.6 Å². The van der Waals surface area contributed by atoms with Crippen LogP contribution in [0.4, 0.5) is 0 Å². The Kier molecular flexibility index (Phi) is 3.91. The Morgan fingerprint density at radius 2 is 1.82 bits per heavy atom. The number of hydrogen-bond donors (Lipinski definition) is 0. The van der Waals surface area contributed by atoms with Crippen molar-refractivity contribution in [3.8, 4) is 0 Å². The van der Waals surface area contributed by atoms with Crippen molar-refractivity contribution in [1.29, 1.82) is 0 Å². The lowest BCUT2D eigenvalue weighted by atomic mass is 9.68. The van der Waals surface area contributed by atoms with Gasteiger partial charge >= 0.3 is 0 Å². The minimum atomic E-state index is -1.01. The van der Waals surface area contributed by atoms with Crippen LogP contribution in [0.25, 0.3) is 0 Å². The molecule has 2 saturated carbocycles. The minimum absolute atomic E-state index is 0.328. The van der Waals surface area contributed by atoms with Crippen LogP contribution in [-0.2, 0) is 4.79 Å². The Hall–Kier alpha value is -0.373. The molecule has 2 atom stereocenters. The highest BCUT2D eigenvalue weighted by Gasteiger charge is 2.36. The van der Waals surface area contributed by atoms with E-state index in [-0.39, 0.29) is 0 Å². The molecular weight excluding hydrogens is 224 g/mol. The second-order valence-electron chi connectivity index (χ2n) is 7.03. The Morgan fingerprint density at radius 3 is 2.47 bits per heavy atom. The summed E-state index contributed by atoms with van der Waals surface area (Å²) in [7, 11) is -1.01. The van der Waals surface area contributed by atoms with Crippen LogP contribution in [0.15, 0.2) is 11.6 Å². The summed E-state index contributed by atoms with van der Waals surface area (Å²) < 4.78 is 0. The second kappa shape index (κ2) is 5.09. The first-order valence-corrected chi connectivity index (χ1v) is 10.9. The number of fused-ring (bicyclic) bond motifs is 1. The molecule has 2 aliphatic carbocycles. The van der Waals surface area contributed by atoms with Gasteiger partial charge in [0.15, 0.2) is 0 Å². The number of carbonyl (C=O) groups excluding carboxylic acids is 1. The molecule has 0 spiro atoms. The summed E-state index contributed by atoms with van der Waals surface area (Å²) in [6.45, 7) is 7.23. The molecule has 1 nitrogen and oxygen atoms in total. The van der Waals surface area contributed by atoms with E-state index in [1.165, 1.54) is 37.3 Å². The van der Waals surface area contributed by atoms with Gasteiger partial charge in [0.1, 0.15) is 5.78 Å². The molecule has 0 bridgehead atoms. The largest absolute Gasteiger partial charge is 0.299 e. The van der Waals surface area contributed by atoms with E-state index >= 15 is 0 Å². The van der Waals surface area contributed by atoms with Crippen molar-refractivity contribution in [2.45, 2.75) is 64.2 Å². The van der Waals surface area contributed by atoms with E-state index in [1.54, 1.807) is 0 Å². The maximum atomic E-state index is 12.1. The standard InChI is InChI=1S/C15H26OSi/c1-17(2,3)11-10-13-7-4-6-12-8-5-9-14(16)15(12)13/h10,12,15H,4-9,11H2,1-3H3/b13-10-/t12-,15+/m1/s1. The third-order valence-electron chi connectivity index (χ3n) is 4.23. The molecule has 0 aliphatic heterocycles. The van der Waals surface area contributed by atoms with Crippen LogP contribution in [0.2, 0.25) is 25.7 Å². The molecule has 0 aromatic heterocycles. The number of Topliss-reactive ketones (excluding diaryl/α,β-unsaturated/α-hetero) is 1. The van der Waals surface area contributed by atoms with Crippen molar-refractivity contribution in [3.05, 3.63) is 11.6 Å². The van der Waals surface area contributed by atoms with Gasteiger partial charge in [0.2, 0.25) is 0 Å². The van der Waals surface area contributed by atoms with E-state index in [4.69, 9.17) is 0 Å². The molecular formula is C15H26OSi. The highest BCUT2D eigenvalue weighted by Crippen LogP contribution is 2.42. The average molecular weight is 250 g/mol. The molecule has 0 saturated heterocycles. The summed E-state index contributed by atoms with van der Waals surface area (Å²) in [5.74, 6) is 1.56. The lowest BCUT2D eigenvalue weighted by Crippen LogP contribution is -2.33. The molecule has 0 amide bonds. The van der Waals surface area contributed by atoms with Gasteiger partial charge in [-0.05, 0) is 44.1 Å². The Labute approximate surface area is 107 Å². The number of ketones is 1. The van der Waals surface area contributed by atoms with Gasteiger partial charge in [-0.1, -0.05) is 31.3 Å². The topological polar surface area (TPSA) is 17.1 Å². The van der Waals surface area contributed by atoms with Crippen LogP contribution < -0.4 is 0 Å². The first-order valence-electron chi connectivity index (χ1n) is 7.19. The van der Waals surface area contributed by atoms with E-state index < -0.39 is 8.07 Å². The van der Waals surface area contributed by atoms with E-state index in [0.717, 1.165) is 12.8 Å². The summed E-state index contributed by atoms with van der Waals surface area (Å²) in [5, 5.41) is 0. The summed E-state index contributed by atoms with van der Waals surface area (Å²) in [6, 6.07) is 1.25. The molecule has 0 aromatic carbocycles. The van der Waals surface area contributed by atoms with E-state index in [9.17, 15) is 4.79 Å².